The molecule has 0 radical (unpaired) electrons. The van der Waals surface area contributed by atoms with Crippen LogP contribution in [0.25, 0.3) is 11.1 Å². The van der Waals surface area contributed by atoms with E-state index in [1.807, 2.05) is 30.5 Å². The third-order valence-corrected chi connectivity index (χ3v) is 2.71. The molecule has 84 valence electrons. The van der Waals surface area contributed by atoms with Crippen molar-refractivity contribution in [3.8, 4) is 11.1 Å². The lowest BCUT2D eigenvalue weighted by molar-refractivity contribution is 0.348. The smallest absolute Gasteiger partial charge is 0.216 e. The van der Waals surface area contributed by atoms with E-state index in [1.165, 1.54) is 0 Å². The van der Waals surface area contributed by atoms with E-state index in [0.29, 0.717) is 6.61 Å². The fourth-order valence-corrected chi connectivity index (χ4v) is 1.85. The first-order chi connectivity index (χ1) is 8.43. The summed E-state index contributed by atoms with van der Waals surface area (Å²) in [6.07, 6.45) is 3.64. The predicted molar refractivity (Wildman–Crippen MR) is 67.0 cm³/mol. The molecule has 17 heavy (non-hydrogen) atoms. The van der Waals surface area contributed by atoms with Gasteiger partial charge in [-0.15, -0.1) is 0 Å². The van der Waals surface area contributed by atoms with Crippen LogP contribution in [0.15, 0.2) is 53.8 Å². The van der Waals surface area contributed by atoms with E-state index in [-0.39, 0.29) is 0 Å². The molecule has 3 nitrogen and oxygen atoms in total. The second-order valence-electron chi connectivity index (χ2n) is 3.85. The van der Waals surface area contributed by atoms with Crippen molar-refractivity contribution >= 4 is 5.90 Å². The maximum atomic E-state index is 5.42. The van der Waals surface area contributed by atoms with Crippen LogP contribution in [0.1, 0.15) is 5.56 Å². The van der Waals surface area contributed by atoms with Crippen molar-refractivity contribution in [3.63, 3.8) is 0 Å². The Hall–Kier alpha value is -2.16. The quantitative estimate of drug-likeness (QED) is 0.785. The second kappa shape index (κ2) is 4.37. The molecule has 0 aliphatic carbocycles. The maximum Gasteiger partial charge on any atom is 0.216 e. The monoisotopic (exact) mass is 224 g/mol. The van der Waals surface area contributed by atoms with Gasteiger partial charge in [0.2, 0.25) is 5.90 Å². The lowest BCUT2D eigenvalue weighted by Crippen LogP contribution is -2.00. The average Bonchev–Trinajstić information content (AvgIpc) is 2.94. The summed E-state index contributed by atoms with van der Waals surface area (Å²) in [6.45, 7) is 1.46. The lowest BCUT2D eigenvalue weighted by Gasteiger charge is -2.04. The Kier molecular flexibility index (Phi) is 2.58. The second-order valence-corrected chi connectivity index (χ2v) is 3.85. The molecular weight excluding hydrogens is 212 g/mol. The minimum Gasteiger partial charge on any atom is -0.476 e. The van der Waals surface area contributed by atoms with Crippen LogP contribution in [0.4, 0.5) is 0 Å². The summed E-state index contributed by atoms with van der Waals surface area (Å²) in [6, 6.07) is 12.2. The van der Waals surface area contributed by atoms with E-state index < -0.39 is 0 Å². The Labute approximate surface area is 99.8 Å². The number of hydrogen-bond donors (Lipinski definition) is 0. The summed E-state index contributed by atoms with van der Waals surface area (Å²) in [7, 11) is 0. The van der Waals surface area contributed by atoms with E-state index in [4.69, 9.17) is 4.74 Å². The highest BCUT2D eigenvalue weighted by molar-refractivity contribution is 5.95. The van der Waals surface area contributed by atoms with E-state index in [0.717, 1.165) is 29.1 Å². The molecule has 0 saturated carbocycles. The Balaban J connectivity index is 1.90. The standard InChI is InChI=1S/C14H12N2O/c1-2-13(10-15-7-1)11-3-5-12(6-4-11)14-16-8-9-17-14/h1-7,10H,8-9H2. The van der Waals surface area contributed by atoms with Crippen molar-refractivity contribution in [2.75, 3.05) is 13.2 Å². The molecule has 0 atom stereocenters. The summed E-state index contributed by atoms with van der Waals surface area (Å²) in [5, 5.41) is 0. The molecule has 1 aromatic heterocycles. The van der Waals surface area contributed by atoms with Crippen LogP contribution in [0.5, 0.6) is 0 Å². The highest BCUT2D eigenvalue weighted by atomic mass is 16.5. The Morgan fingerprint density at radius 3 is 2.41 bits per heavy atom. The summed E-state index contributed by atoms with van der Waals surface area (Å²) >= 11 is 0. The normalized spacial score (nSPS) is 14.2. The molecule has 0 fully saturated rings. The molecule has 1 aromatic carbocycles. The van der Waals surface area contributed by atoms with Gasteiger partial charge >= 0.3 is 0 Å². The van der Waals surface area contributed by atoms with Crippen molar-refractivity contribution in [2.24, 2.45) is 4.99 Å². The first kappa shape index (κ1) is 10.0. The Morgan fingerprint density at radius 2 is 1.76 bits per heavy atom. The van der Waals surface area contributed by atoms with Gasteiger partial charge < -0.3 is 4.74 Å². The maximum absolute atomic E-state index is 5.42. The van der Waals surface area contributed by atoms with Gasteiger partial charge in [0.25, 0.3) is 0 Å². The van der Waals surface area contributed by atoms with Crippen molar-refractivity contribution in [2.45, 2.75) is 0 Å². The number of nitrogens with zero attached hydrogens (tertiary/aromatic N) is 2. The molecule has 2 aromatic rings. The molecule has 1 aliphatic heterocycles. The number of aromatic nitrogens is 1. The number of hydrogen-bond acceptors (Lipinski definition) is 3. The molecule has 0 spiro atoms. The number of benzene rings is 1. The third-order valence-electron chi connectivity index (χ3n) is 2.71. The third kappa shape index (κ3) is 2.04. The molecule has 0 unspecified atom stereocenters. The molecule has 3 rings (SSSR count). The number of pyridine rings is 1. The van der Waals surface area contributed by atoms with Crippen molar-refractivity contribution in [1.29, 1.82) is 0 Å². The predicted octanol–water partition coefficient (Wildman–Crippen LogP) is 2.53. The first-order valence-electron chi connectivity index (χ1n) is 5.61. The summed E-state index contributed by atoms with van der Waals surface area (Å²) in [5.41, 5.74) is 3.31. The van der Waals surface area contributed by atoms with E-state index in [9.17, 15) is 0 Å². The molecule has 0 N–H and O–H groups in total. The van der Waals surface area contributed by atoms with Gasteiger partial charge in [-0.1, -0.05) is 18.2 Å². The van der Waals surface area contributed by atoms with Gasteiger partial charge in [-0.2, -0.15) is 0 Å². The van der Waals surface area contributed by atoms with Gasteiger partial charge in [0.05, 0.1) is 6.54 Å². The molecular formula is C14H12N2O. The Morgan fingerprint density at radius 1 is 0.941 bits per heavy atom. The van der Waals surface area contributed by atoms with Crippen LogP contribution in [-0.2, 0) is 4.74 Å². The molecule has 2 heterocycles. The minimum absolute atomic E-state index is 0.694. The summed E-state index contributed by atoms with van der Waals surface area (Å²) in [4.78, 5) is 8.40. The summed E-state index contributed by atoms with van der Waals surface area (Å²) in [5.74, 6) is 0.753. The first-order valence-corrected chi connectivity index (χ1v) is 5.61. The average molecular weight is 224 g/mol. The van der Waals surface area contributed by atoms with Gasteiger partial charge in [-0.05, 0) is 29.3 Å². The molecule has 1 aliphatic rings. The Bertz CT molecular complexity index is 532. The number of ether oxygens (including phenoxy) is 1. The highest BCUT2D eigenvalue weighted by Gasteiger charge is 2.09. The van der Waals surface area contributed by atoms with Crippen LogP contribution in [0.2, 0.25) is 0 Å². The molecule has 0 bridgehead atoms. The number of aliphatic imine (C=N–C) groups is 1. The van der Waals surface area contributed by atoms with Gasteiger partial charge in [0.1, 0.15) is 6.61 Å². The van der Waals surface area contributed by atoms with E-state index >= 15 is 0 Å². The van der Waals surface area contributed by atoms with Crippen LogP contribution in [-0.4, -0.2) is 24.0 Å². The van der Waals surface area contributed by atoms with Gasteiger partial charge in [-0.25, -0.2) is 4.99 Å². The van der Waals surface area contributed by atoms with Gasteiger partial charge in [0.15, 0.2) is 0 Å². The van der Waals surface area contributed by atoms with Crippen molar-refractivity contribution in [3.05, 3.63) is 54.4 Å². The van der Waals surface area contributed by atoms with Gasteiger partial charge in [0, 0.05) is 18.0 Å². The van der Waals surface area contributed by atoms with E-state index in [2.05, 4.69) is 22.1 Å². The van der Waals surface area contributed by atoms with Crippen LogP contribution in [0, 0.1) is 0 Å². The fraction of sp³-hybridized carbons (Fsp3) is 0.143. The van der Waals surface area contributed by atoms with Crippen molar-refractivity contribution < 1.29 is 4.74 Å². The van der Waals surface area contributed by atoms with Crippen LogP contribution in [0.3, 0.4) is 0 Å². The SMILES string of the molecule is c1cncc(-c2ccc(C3=NCCO3)cc2)c1. The zero-order valence-electron chi connectivity index (χ0n) is 9.34. The zero-order valence-corrected chi connectivity index (χ0v) is 9.34. The minimum atomic E-state index is 0.694. The van der Waals surface area contributed by atoms with E-state index in [1.54, 1.807) is 6.20 Å². The summed E-state index contributed by atoms with van der Waals surface area (Å²) < 4.78 is 5.42. The highest BCUT2D eigenvalue weighted by Crippen LogP contribution is 2.19. The number of rotatable bonds is 2. The molecule has 0 amide bonds. The molecule has 3 heteroatoms. The largest absolute Gasteiger partial charge is 0.476 e. The van der Waals surface area contributed by atoms with Crippen LogP contribution < -0.4 is 0 Å². The van der Waals surface area contributed by atoms with Gasteiger partial charge in [-0.3, -0.25) is 4.98 Å². The van der Waals surface area contributed by atoms with Crippen LogP contribution >= 0.6 is 0 Å². The zero-order chi connectivity index (χ0) is 11.5. The fourth-order valence-electron chi connectivity index (χ4n) is 1.85. The molecule has 0 saturated heterocycles. The lowest BCUT2D eigenvalue weighted by atomic mass is 10.1. The van der Waals surface area contributed by atoms with Crippen molar-refractivity contribution in [1.82, 2.24) is 4.98 Å². The topological polar surface area (TPSA) is 34.5 Å².